The largest absolute Gasteiger partial charge is 0.497 e. The van der Waals surface area contributed by atoms with E-state index in [0.29, 0.717) is 40.1 Å². The topological polar surface area (TPSA) is 70.7 Å². The Hall–Kier alpha value is -2.28. The van der Waals surface area contributed by atoms with Crippen molar-refractivity contribution in [2.24, 2.45) is 0 Å². The lowest BCUT2D eigenvalue weighted by Gasteiger charge is -2.23. The third-order valence-electron chi connectivity index (χ3n) is 4.56. The minimum atomic E-state index is -0.386. The summed E-state index contributed by atoms with van der Waals surface area (Å²) in [5.74, 6) is 0.296. The van der Waals surface area contributed by atoms with Crippen molar-refractivity contribution < 1.29 is 14.3 Å². The Morgan fingerprint density at radius 1 is 1.18 bits per heavy atom. The highest BCUT2D eigenvalue weighted by molar-refractivity contribution is 6.36. The molecule has 0 saturated carbocycles. The summed E-state index contributed by atoms with van der Waals surface area (Å²) < 4.78 is 5.16. The highest BCUT2D eigenvalue weighted by Crippen LogP contribution is 2.27. The van der Waals surface area contributed by atoms with Gasteiger partial charge in [-0.1, -0.05) is 29.3 Å². The second-order valence-electron chi connectivity index (χ2n) is 6.52. The number of hydrogen-bond acceptors (Lipinski definition) is 4. The lowest BCUT2D eigenvalue weighted by atomic mass is 10.2. The average molecular weight is 422 g/mol. The number of benzene rings is 2. The summed E-state index contributed by atoms with van der Waals surface area (Å²) in [6.07, 6.45) is 1.53. The van der Waals surface area contributed by atoms with Crippen LogP contribution in [0.2, 0.25) is 10.0 Å². The van der Waals surface area contributed by atoms with E-state index >= 15 is 0 Å². The van der Waals surface area contributed by atoms with Crippen LogP contribution in [-0.4, -0.2) is 43.0 Å². The molecular weight excluding hydrogens is 401 g/mol. The van der Waals surface area contributed by atoms with Gasteiger partial charge in [0.25, 0.3) is 0 Å². The molecular formula is C20H21Cl2N3O3. The number of likely N-dealkylation sites (tertiary alicyclic amines) is 1. The molecule has 2 amide bonds. The minimum absolute atomic E-state index is 0.129. The van der Waals surface area contributed by atoms with Gasteiger partial charge in [-0.15, -0.1) is 0 Å². The molecule has 28 heavy (non-hydrogen) atoms. The molecule has 0 spiro atoms. The maximum Gasteiger partial charge on any atom is 0.241 e. The van der Waals surface area contributed by atoms with E-state index in [1.807, 2.05) is 4.90 Å². The standard InChI is InChI=1S/C20H21Cl2N3O3/c1-28-15-5-2-4-14(11-15)23-19(26)12-25-9-3-6-18(25)20(27)24-17-8-7-13(21)10-16(17)22/h2,4-5,7-8,10-11,18H,3,6,9,12H2,1H3,(H,23,26)(H,24,27)/t18-/m0/s1. The molecule has 0 aliphatic carbocycles. The van der Waals surface area contributed by atoms with Gasteiger partial charge < -0.3 is 15.4 Å². The van der Waals surface area contributed by atoms with Crippen LogP contribution < -0.4 is 15.4 Å². The van der Waals surface area contributed by atoms with Crippen molar-refractivity contribution in [2.75, 3.05) is 30.8 Å². The highest BCUT2D eigenvalue weighted by atomic mass is 35.5. The number of nitrogens with one attached hydrogen (secondary N) is 2. The molecule has 0 unspecified atom stereocenters. The summed E-state index contributed by atoms with van der Waals surface area (Å²) in [7, 11) is 1.57. The Morgan fingerprint density at radius 3 is 2.75 bits per heavy atom. The van der Waals surface area contributed by atoms with Crippen LogP contribution in [0.1, 0.15) is 12.8 Å². The van der Waals surface area contributed by atoms with Crippen LogP contribution in [0.5, 0.6) is 5.75 Å². The van der Waals surface area contributed by atoms with Gasteiger partial charge in [0.2, 0.25) is 11.8 Å². The normalized spacial score (nSPS) is 16.6. The lowest BCUT2D eigenvalue weighted by Crippen LogP contribution is -2.43. The number of carbonyl (C=O) groups excluding carboxylic acids is 2. The third-order valence-corrected chi connectivity index (χ3v) is 5.10. The van der Waals surface area contributed by atoms with Crippen molar-refractivity contribution in [1.29, 1.82) is 0 Å². The van der Waals surface area contributed by atoms with Crippen molar-refractivity contribution in [3.63, 3.8) is 0 Å². The molecule has 1 atom stereocenters. The van der Waals surface area contributed by atoms with Crippen LogP contribution in [0, 0.1) is 0 Å². The van der Waals surface area contributed by atoms with Crippen molar-refractivity contribution >= 4 is 46.4 Å². The predicted molar refractivity (Wildman–Crippen MR) is 111 cm³/mol. The predicted octanol–water partition coefficient (Wildman–Crippen LogP) is 4.04. The SMILES string of the molecule is COc1cccc(NC(=O)CN2CCC[C@H]2C(=O)Nc2ccc(Cl)cc2Cl)c1. The number of carbonyl (C=O) groups is 2. The van der Waals surface area contributed by atoms with Crippen LogP contribution in [0.25, 0.3) is 0 Å². The van der Waals surface area contributed by atoms with Crippen LogP contribution in [-0.2, 0) is 9.59 Å². The van der Waals surface area contributed by atoms with E-state index in [1.165, 1.54) is 0 Å². The first-order valence-electron chi connectivity index (χ1n) is 8.90. The molecule has 8 heteroatoms. The lowest BCUT2D eigenvalue weighted by molar-refractivity contribution is -0.122. The molecule has 1 aliphatic heterocycles. The zero-order chi connectivity index (χ0) is 20.1. The Balaban J connectivity index is 1.60. The Bertz CT molecular complexity index is 876. The molecule has 1 aliphatic rings. The van der Waals surface area contributed by atoms with Gasteiger partial charge in [0.15, 0.2) is 0 Å². The van der Waals surface area contributed by atoms with Gasteiger partial charge in [-0.2, -0.15) is 0 Å². The molecule has 0 bridgehead atoms. The molecule has 0 radical (unpaired) electrons. The average Bonchev–Trinajstić information content (AvgIpc) is 3.12. The first-order chi connectivity index (χ1) is 13.5. The fourth-order valence-corrected chi connectivity index (χ4v) is 3.66. The van der Waals surface area contributed by atoms with Crippen LogP contribution in [0.3, 0.4) is 0 Å². The first-order valence-corrected chi connectivity index (χ1v) is 9.66. The fourth-order valence-electron chi connectivity index (χ4n) is 3.20. The van der Waals surface area contributed by atoms with Gasteiger partial charge in [-0.3, -0.25) is 14.5 Å². The van der Waals surface area contributed by atoms with Crippen molar-refractivity contribution in [1.82, 2.24) is 4.90 Å². The van der Waals surface area contributed by atoms with E-state index < -0.39 is 0 Å². The molecule has 6 nitrogen and oxygen atoms in total. The van der Waals surface area contributed by atoms with Crippen molar-refractivity contribution in [3.05, 3.63) is 52.5 Å². The summed E-state index contributed by atoms with van der Waals surface area (Å²) >= 11 is 12.0. The molecule has 0 aromatic heterocycles. The molecule has 3 rings (SSSR count). The number of ether oxygens (including phenoxy) is 1. The van der Waals surface area contributed by atoms with Gasteiger partial charge in [-0.05, 0) is 49.7 Å². The molecule has 1 heterocycles. The van der Waals surface area contributed by atoms with Gasteiger partial charge >= 0.3 is 0 Å². The number of halogens is 2. The Kier molecular flexibility index (Phi) is 6.78. The molecule has 148 valence electrons. The molecule has 2 aromatic carbocycles. The van der Waals surface area contributed by atoms with E-state index in [1.54, 1.807) is 49.6 Å². The van der Waals surface area contributed by atoms with E-state index in [9.17, 15) is 9.59 Å². The third kappa shape index (κ3) is 5.16. The zero-order valence-corrected chi connectivity index (χ0v) is 16.9. The fraction of sp³-hybridized carbons (Fsp3) is 0.300. The molecule has 2 N–H and O–H groups in total. The summed E-state index contributed by atoms with van der Waals surface area (Å²) in [6, 6.07) is 11.7. The summed E-state index contributed by atoms with van der Waals surface area (Å²) in [5.41, 5.74) is 1.15. The van der Waals surface area contributed by atoms with Crippen LogP contribution in [0.15, 0.2) is 42.5 Å². The second kappa shape index (κ2) is 9.28. The number of methoxy groups -OCH3 is 1. The molecule has 1 saturated heterocycles. The monoisotopic (exact) mass is 421 g/mol. The maximum atomic E-state index is 12.7. The Labute approximate surface area is 173 Å². The van der Waals surface area contributed by atoms with Gasteiger partial charge in [-0.25, -0.2) is 0 Å². The number of anilines is 2. The van der Waals surface area contributed by atoms with Crippen molar-refractivity contribution in [3.8, 4) is 5.75 Å². The summed E-state index contributed by atoms with van der Waals surface area (Å²) in [5, 5.41) is 6.54. The molecule has 2 aromatic rings. The van der Waals surface area contributed by atoms with E-state index in [4.69, 9.17) is 27.9 Å². The van der Waals surface area contributed by atoms with Crippen molar-refractivity contribution in [2.45, 2.75) is 18.9 Å². The zero-order valence-electron chi connectivity index (χ0n) is 15.4. The Morgan fingerprint density at radius 2 is 2.00 bits per heavy atom. The number of hydrogen-bond donors (Lipinski definition) is 2. The van der Waals surface area contributed by atoms with E-state index in [-0.39, 0.29) is 24.4 Å². The van der Waals surface area contributed by atoms with Gasteiger partial charge in [0.05, 0.1) is 30.4 Å². The smallest absolute Gasteiger partial charge is 0.241 e. The quantitative estimate of drug-likeness (QED) is 0.737. The molecule has 1 fully saturated rings. The maximum absolute atomic E-state index is 12.7. The second-order valence-corrected chi connectivity index (χ2v) is 7.37. The number of amides is 2. The van der Waals surface area contributed by atoms with Gasteiger partial charge in [0.1, 0.15) is 5.75 Å². The van der Waals surface area contributed by atoms with Gasteiger partial charge in [0, 0.05) is 16.8 Å². The van der Waals surface area contributed by atoms with Crippen LogP contribution >= 0.6 is 23.2 Å². The number of nitrogens with zero attached hydrogens (tertiary/aromatic N) is 1. The van der Waals surface area contributed by atoms with E-state index in [0.717, 1.165) is 6.42 Å². The van der Waals surface area contributed by atoms with E-state index in [2.05, 4.69) is 10.6 Å². The summed E-state index contributed by atoms with van der Waals surface area (Å²) in [6.45, 7) is 0.807. The first kappa shape index (κ1) is 20.5. The minimum Gasteiger partial charge on any atom is -0.497 e. The highest BCUT2D eigenvalue weighted by Gasteiger charge is 2.32. The van der Waals surface area contributed by atoms with Crippen LogP contribution in [0.4, 0.5) is 11.4 Å². The summed E-state index contributed by atoms with van der Waals surface area (Å²) in [4.78, 5) is 27.0. The number of rotatable bonds is 6.